The average Bonchev–Trinajstić information content (AvgIpc) is 2.49. The van der Waals surface area contributed by atoms with Crippen molar-refractivity contribution in [2.45, 2.75) is 20.3 Å². The van der Waals surface area contributed by atoms with Crippen LogP contribution in [0.5, 0.6) is 5.75 Å². The van der Waals surface area contributed by atoms with Crippen molar-refractivity contribution in [3.05, 3.63) is 39.9 Å². The minimum absolute atomic E-state index is 0.617. The molecule has 1 aliphatic rings. The van der Waals surface area contributed by atoms with Crippen LogP contribution in [0, 0.1) is 11.3 Å². The molecule has 4 heteroatoms. The summed E-state index contributed by atoms with van der Waals surface area (Å²) >= 11 is 3.41. The molecule has 0 unspecified atom stereocenters. The second-order valence-corrected chi connectivity index (χ2v) is 4.72. The van der Waals surface area contributed by atoms with Gasteiger partial charge in [-0.2, -0.15) is 5.26 Å². The second kappa shape index (κ2) is 8.73. The highest BCUT2D eigenvalue weighted by atomic mass is 79.9. The van der Waals surface area contributed by atoms with Gasteiger partial charge in [0, 0.05) is 6.54 Å². The highest BCUT2D eigenvalue weighted by Gasteiger charge is 2.06. The van der Waals surface area contributed by atoms with E-state index in [4.69, 9.17) is 10.00 Å². The molecule has 1 aromatic rings. The van der Waals surface area contributed by atoms with E-state index in [-0.39, 0.29) is 0 Å². The van der Waals surface area contributed by atoms with E-state index < -0.39 is 0 Å². The Morgan fingerprint density at radius 3 is 2.79 bits per heavy atom. The van der Waals surface area contributed by atoms with Crippen LogP contribution in [0.25, 0.3) is 0 Å². The summed E-state index contributed by atoms with van der Waals surface area (Å²) in [5.41, 5.74) is 1.95. The molecule has 0 atom stereocenters. The normalized spacial score (nSPS) is 13.7. The molecular formula is C15H19BrN2O. The number of nitriles is 1. The second-order valence-electron chi connectivity index (χ2n) is 3.86. The summed E-state index contributed by atoms with van der Waals surface area (Å²) in [7, 11) is 0. The molecule has 102 valence electrons. The van der Waals surface area contributed by atoms with Gasteiger partial charge in [0.1, 0.15) is 12.4 Å². The summed E-state index contributed by atoms with van der Waals surface area (Å²) < 4.78 is 6.55. The smallest absolute Gasteiger partial charge is 0.134 e. The maximum Gasteiger partial charge on any atom is 0.134 e. The van der Waals surface area contributed by atoms with Crippen LogP contribution in [0.1, 0.15) is 25.8 Å². The van der Waals surface area contributed by atoms with Gasteiger partial charge in [0.05, 0.1) is 16.1 Å². The third-order valence-corrected chi connectivity index (χ3v) is 3.25. The minimum Gasteiger partial charge on any atom is -0.488 e. The summed E-state index contributed by atoms with van der Waals surface area (Å²) in [5, 5.41) is 12.0. The summed E-state index contributed by atoms with van der Waals surface area (Å²) in [5.74, 6) is 0.781. The van der Waals surface area contributed by atoms with Gasteiger partial charge in [0.15, 0.2) is 0 Å². The lowest BCUT2D eigenvalue weighted by atomic mass is 10.1. The Morgan fingerprint density at radius 1 is 1.42 bits per heavy atom. The molecule has 0 aliphatic carbocycles. The maximum atomic E-state index is 8.76. The Morgan fingerprint density at radius 2 is 2.21 bits per heavy atom. The molecule has 0 amide bonds. The van der Waals surface area contributed by atoms with Crippen LogP contribution < -0.4 is 10.1 Å². The van der Waals surface area contributed by atoms with Crippen LogP contribution in [0.4, 0.5) is 0 Å². The van der Waals surface area contributed by atoms with Crippen LogP contribution in [0.2, 0.25) is 0 Å². The molecule has 0 radical (unpaired) electrons. The number of nitrogens with one attached hydrogen (secondary N) is 1. The van der Waals surface area contributed by atoms with Crippen molar-refractivity contribution in [1.29, 1.82) is 5.26 Å². The fraction of sp³-hybridized carbons (Fsp3) is 0.400. The van der Waals surface area contributed by atoms with E-state index in [0.717, 1.165) is 29.7 Å². The van der Waals surface area contributed by atoms with Crippen LogP contribution in [0.3, 0.4) is 0 Å². The van der Waals surface area contributed by atoms with E-state index in [9.17, 15) is 0 Å². The zero-order valence-corrected chi connectivity index (χ0v) is 13.0. The molecule has 19 heavy (non-hydrogen) atoms. The first kappa shape index (κ1) is 15.7. The lowest BCUT2D eigenvalue weighted by Gasteiger charge is -2.15. The van der Waals surface area contributed by atoms with Gasteiger partial charge in [-0.3, -0.25) is 0 Å². The van der Waals surface area contributed by atoms with Gasteiger partial charge < -0.3 is 10.1 Å². The number of hydrogen-bond donors (Lipinski definition) is 1. The molecule has 0 saturated carbocycles. The topological polar surface area (TPSA) is 45.0 Å². The number of hydrogen-bond acceptors (Lipinski definition) is 3. The molecule has 1 N–H and O–H groups in total. The van der Waals surface area contributed by atoms with E-state index >= 15 is 0 Å². The molecular weight excluding hydrogens is 304 g/mol. The van der Waals surface area contributed by atoms with Crippen LogP contribution in [0.15, 0.2) is 34.3 Å². The van der Waals surface area contributed by atoms with E-state index in [1.807, 2.05) is 19.9 Å². The predicted molar refractivity (Wildman–Crippen MR) is 81.3 cm³/mol. The monoisotopic (exact) mass is 322 g/mol. The predicted octanol–water partition coefficient (Wildman–Crippen LogP) is 3.65. The Hall–Kier alpha value is -1.31. The first-order valence-electron chi connectivity index (χ1n) is 6.50. The van der Waals surface area contributed by atoms with Crippen LogP contribution in [-0.2, 0) is 0 Å². The third kappa shape index (κ3) is 5.06. The van der Waals surface area contributed by atoms with Gasteiger partial charge in [-0.05, 0) is 52.7 Å². The zero-order chi connectivity index (χ0) is 14.1. The van der Waals surface area contributed by atoms with E-state index in [1.165, 1.54) is 5.57 Å². The highest BCUT2D eigenvalue weighted by molar-refractivity contribution is 9.10. The number of nitrogens with zero attached hydrogens (tertiary/aromatic N) is 1. The molecule has 1 aromatic carbocycles. The highest BCUT2D eigenvalue weighted by Crippen LogP contribution is 2.26. The minimum atomic E-state index is 0.617. The Bertz CT molecular complexity index is 478. The van der Waals surface area contributed by atoms with Gasteiger partial charge in [-0.15, -0.1) is 0 Å². The molecule has 3 nitrogen and oxygen atoms in total. The Balaban J connectivity index is 0.000000861. The third-order valence-electron chi connectivity index (χ3n) is 2.63. The van der Waals surface area contributed by atoms with Crippen LogP contribution in [-0.4, -0.2) is 19.7 Å². The average molecular weight is 323 g/mol. The van der Waals surface area contributed by atoms with Gasteiger partial charge >= 0.3 is 0 Å². The van der Waals surface area contributed by atoms with Crippen molar-refractivity contribution in [2.24, 2.45) is 0 Å². The van der Waals surface area contributed by atoms with E-state index in [2.05, 4.69) is 33.4 Å². The number of halogens is 1. The molecule has 0 fully saturated rings. The number of rotatable bonds is 3. The summed E-state index contributed by atoms with van der Waals surface area (Å²) in [6.45, 7) is 6.56. The van der Waals surface area contributed by atoms with Crippen LogP contribution >= 0.6 is 15.9 Å². The first-order chi connectivity index (χ1) is 9.29. The molecule has 0 bridgehead atoms. The molecule has 0 aromatic heterocycles. The Labute approximate surface area is 123 Å². The van der Waals surface area contributed by atoms with Gasteiger partial charge in [-0.1, -0.05) is 19.9 Å². The fourth-order valence-corrected chi connectivity index (χ4v) is 2.15. The molecule has 1 aliphatic heterocycles. The fourth-order valence-electron chi connectivity index (χ4n) is 1.66. The largest absolute Gasteiger partial charge is 0.488 e. The molecule has 0 saturated heterocycles. The number of ether oxygens (including phenoxy) is 1. The van der Waals surface area contributed by atoms with Crippen molar-refractivity contribution in [1.82, 2.24) is 5.32 Å². The summed E-state index contributed by atoms with van der Waals surface area (Å²) in [6, 6.07) is 7.45. The first-order valence-corrected chi connectivity index (χ1v) is 7.30. The lowest BCUT2D eigenvalue weighted by molar-refractivity contribution is 0.342. The van der Waals surface area contributed by atoms with Gasteiger partial charge in [0.2, 0.25) is 0 Å². The van der Waals surface area contributed by atoms with E-state index in [0.29, 0.717) is 12.2 Å². The molecule has 2 rings (SSSR count). The van der Waals surface area contributed by atoms with Crippen molar-refractivity contribution in [2.75, 3.05) is 19.7 Å². The van der Waals surface area contributed by atoms with Crippen molar-refractivity contribution >= 4 is 15.9 Å². The summed E-state index contributed by atoms with van der Waals surface area (Å²) in [4.78, 5) is 0. The van der Waals surface area contributed by atoms with Gasteiger partial charge in [-0.25, -0.2) is 0 Å². The Kier molecular flexibility index (Phi) is 7.24. The van der Waals surface area contributed by atoms with Crippen molar-refractivity contribution < 1.29 is 4.74 Å². The SMILES string of the molecule is CC.N#Cc1ccc(OCC2=CCNCC2)c(Br)c1. The summed E-state index contributed by atoms with van der Waals surface area (Å²) in [6.07, 6.45) is 3.20. The zero-order valence-electron chi connectivity index (χ0n) is 11.4. The quantitative estimate of drug-likeness (QED) is 0.864. The standard InChI is InChI=1S/C13H13BrN2O.C2H6/c14-12-7-11(8-15)1-2-13(12)17-9-10-3-5-16-6-4-10;1-2/h1-3,7,16H,4-6,9H2;1-2H3. The molecule has 0 spiro atoms. The maximum absolute atomic E-state index is 8.76. The van der Waals surface area contributed by atoms with Crippen molar-refractivity contribution in [3.8, 4) is 11.8 Å². The lowest BCUT2D eigenvalue weighted by Crippen LogP contribution is -2.22. The van der Waals surface area contributed by atoms with E-state index in [1.54, 1.807) is 12.1 Å². The number of benzene rings is 1. The van der Waals surface area contributed by atoms with Gasteiger partial charge in [0.25, 0.3) is 0 Å². The van der Waals surface area contributed by atoms with Crippen molar-refractivity contribution in [3.63, 3.8) is 0 Å². The molecule has 1 heterocycles.